The van der Waals surface area contributed by atoms with Crippen LogP contribution in [0.25, 0.3) is 11.8 Å². The minimum atomic E-state index is -0.884. The first kappa shape index (κ1) is 29.5. The van der Waals surface area contributed by atoms with Gasteiger partial charge in [-0.1, -0.05) is 84.1 Å². The molecule has 6 rings (SSSR count). The first-order valence-electron chi connectivity index (χ1n) is 14.2. The number of hydrogen-bond acceptors (Lipinski definition) is 7. The van der Waals surface area contributed by atoms with Crippen LogP contribution in [0.4, 0.5) is 4.39 Å². The van der Waals surface area contributed by atoms with Crippen molar-refractivity contribution in [2.24, 2.45) is 4.99 Å². The van der Waals surface area contributed by atoms with Crippen LogP contribution in [0.5, 0.6) is 5.75 Å². The molecule has 0 saturated carbocycles. The Labute approximate surface area is 262 Å². The largest absolute Gasteiger partial charge is 0.489 e. The summed E-state index contributed by atoms with van der Waals surface area (Å²) in [7, 11) is 0. The van der Waals surface area contributed by atoms with Crippen LogP contribution in [0.1, 0.15) is 40.8 Å². The molecular weight excluding hydrogens is 589 g/mol. The second-order valence-electron chi connectivity index (χ2n) is 10.1. The van der Waals surface area contributed by atoms with E-state index in [1.165, 1.54) is 28.0 Å². The summed E-state index contributed by atoms with van der Waals surface area (Å²) in [6, 6.07) is 30.8. The van der Waals surface area contributed by atoms with Gasteiger partial charge < -0.3 is 9.47 Å². The maximum absolute atomic E-state index is 14.0. The van der Waals surface area contributed by atoms with Gasteiger partial charge in [0.1, 0.15) is 18.2 Å². The lowest BCUT2D eigenvalue weighted by atomic mass is 9.93. The molecule has 0 fully saturated rings. The van der Waals surface area contributed by atoms with Crippen molar-refractivity contribution in [1.82, 2.24) is 4.57 Å². The monoisotopic (exact) mass is 615 g/mol. The molecular formula is C36H26FN3O4S. The van der Waals surface area contributed by atoms with Gasteiger partial charge in [-0.3, -0.25) is 9.36 Å². The molecule has 0 amide bonds. The minimum Gasteiger partial charge on any atom is -0.489 e. The van der Waals surface area contributed by atoms with Crippen molar-refractivity contribution >= 4 is 29.1 Å². The molecule has 1 aliphatic rings. The number of hydrogen-bond donors (Lipinski definition) is 0. The molecule has 9 heteroatoms. The predicted molar refractivity (Wildman–Crippen MR) is 169 cm³/mol. The minimum absolute atomic E-state index is 0.134. The van der Waals surface area contributed by atoms with Crippen LogP contribution in [0.15, 0.2) is 118 Å². The van der Waals surface area contributed by atoms with Crippen molar-refractivity contribution in [3.8, 4) is 11.8 Å². The number of carbonyl (C=O) groups excluding carboxylic acids is 1. The standard InChI is InChI=1S/C36H26FN3O4S/c1-2-43-35(42)31-32(24-8-4-3-5-9-24)39-36-40(33(31)25-14-16-28(37)17-15-25)34(41)30(45-36)20-23-12-18-29(19-13-23)44-22-27-11-7-6-10-26(27)21-38/h3-20,33H,2,22H2,1H3/b30-20-/t33-/m1/s1. The number of thiazole rings is 1. The van der Waals surface area contributed by atoms with Crippen LogP contribution in [0, 0.1) is 17.1 Å². The SMILES string of the molecule is CCOC(=O)C1=C(c2ccccc2)N=c2s/c(=C\c3ccc(OCc4ccccc4C#N)cc3)c(=O)n2[C@@H]1c1ccc(F)cc1. The maximum Gasteiger partial charge on any atom is 0.338 e. The fraction of sp³-hybridized carbons (Fsp3) is 0.111. The van der Waals surface area contributed by atoms with Gasteiger partial charge in [-0.05, 0) is 54.5 Å². The van der Waals surface area contributed by atoms with Crippen LogP contribution in [-0.4, -0.2) is 17.1 Å². The van der Waals surface area contributed by atoms with Gasteiger partial charge in [0.25, 0.3) is 5.56 Å². The average molecular weight is 616 g/mol. The number of nitrogens with zero attached hydrogens (tertiary/aromatic N) is 3. The van der Waals surface area contributed by atoms with Crippen molar-refractivity contribution in [3.63, 3.8) is 0 Å². The Morgan fingerprint density at radius 2 is 1.71 bits per heavy atom. The zero-order chi connectivity index (χ0) is 31.3. The normalized spacial score (nSPS) is 14.3. The van der Waals surface area contributed by atoms with E-state index in [1.54, 1.807) is 43.3 Å². The number of ether oxygens (including phenoxy) is 2. The third-order valence-electron chi connectivity index (χ3n) is 7.27. The van der Waals surface area contributed by atoms with Gasteiger partial charge >= 0.3 is 5.97 Å². The van der Waals surface area contributed by atoms with Gasteiger partial charge in [-0.15, -0.1) is 0 Å². The summed E-state index contributed by atoms with van der Waals surface area (Å²) in [5, 5.41) is 9.32. The molecule has 1 aromatic heterocycles. The van der Waals surface area contributed by atoms with Crippen molar-refractivity contribution in [1.29, 1.82) is 5.26 Å². The molecule has 0 radical (unpaired) electrons. The molecule has 45 heavy (non-hydrogen) atoms. The van der Waals surface area contributed by atoms with Crippen LogP contribution < -0.4 is 19.6 Å². The molecule has 0 aliphatic carbocycles. The Hall–Kier alpha value is -5.59. The van der Waals surface area contributed by atoms with E-state index in [-0.39, 0.29) is 24.3 Å². The molecule has 0 N–H and O–H groups in total. The van der Waals surface area contributed by atoms with Crippen LogP contribution >= 0.6 is 11.3 Å². The molecule has 0 bridgehead atoms. The molecule has 1 aliphatic heterocycles. The number of esters is 1. The lowest BCUT2D eigenvalue weighted by Gasteiger charge is -2.25. The Bertz CT molecular complexity index is 2130. The third kappa shape index (κ3) is 6.09. The summed E-state index contributed by atoms with van der Waals surface area (Å²) in [6.45, 7) is 2.09. The molecule has 1 atom stereocenters. The van der Waals surface area contributed by atoms with Gasteiger partial charge in [0, 0.05) is 11.1 Å². The molecule has 4 aromatic carbocycles. The fourth-order valence-corrected chi connectivity index (χ4v) is 6.13. The van der Waals surface area contributed by atoms with E-state index >= 15 is 0 Å². The summed E-state index contributed by atoms with van der Waals surface area (Å²) in [6.07, 6.45) is 1.76. The summed E-state index contributed by atoms with van der Waals surface area (Å²) in [5.74, 6) is -0.418. The van der Waals surface area contributed by atoms with Crippen molar-refractivity contribution in [2.75, 3.05) is 6.61 Å². The number of carbonyl (C=O) groups is 1. The second-order valence-corrected chi connectivity index (χ2v) is 11.1. The number of nitriles is 1. The predicted octanol–water partition coefficient (Wildman–Crippen LogP) is 5.53. The highest BCUT2D eigenvalue weighted by Gasteiger charge is 2.35. The summed E-state index contributed by atoms with van der Waals surface area (Å²) in [4.78, 5) is 32.7. The number of halogens is 1. The van der Waals surface area contributed by atoms with Crippen molar-refractivity contribution < 1.29 is 18.7 Å². The smallest absolute Gasteiger partial charge is 0.338 e. The highest BCUT2D eigenvalue weighted by molar-refractivity contribution is 7.07. The van der Waals surface area contributed by atoms with E-state index < -0.39 is 17.8 Å². The van der Waals surface area contributed by atoms with E-state index in [1.807, 2.05) is 60.7 Å². The van der Waals surface area contributed by atoms with Crippen LogP contribution in [0.3, 0.4) is 0 Å². The average Bonchev–Trinajstić information content (AvgIpc) is 3.38. The number of rotatable bonds is 8. The van der Waals surface area contributed by atoms with Gasteiger partial charge in [0.2, 0.25) is 0 Å². The topological polar surface area (TPSA) is 93.7 Å². The van der Waals surface area contributed by atoms with Gasteiger partial charge in [-0.2, -0.15) is 5.26 Å². The molecule has 5 aromatic rings. The Morgan fingerprint density at radius 3 is 2.42 bits per heavy atom. The van der Waals surface area contributed by atoms with Gasteiger partial charge in [0.15, 0.2) is 4.80 Å². The lowest BCUT2D eigenvalue weighted by molar-refractivity contribution is -0.138. The Kier molecular flexibility index (Phi) is 8.49. The van der Waals surface area contributed by atoms with E-state index in [0.717, 1.165) is 11.1 Å². The summed E-state index contributed by atoms with van der Waals surface area (Å²) < 4.78 is 27.2. The highest BCUT2D eigenvalue weighted by Crippen LogP contribution is 2.35. The quantitative estimate of drug-likeness (QED) is 0.214. The van der Waals surface area contributed by atoms with Crippen LogP contribution in [-0.2, 0) is 16.1 Å². The summed E-state index contributed by atoms with van der Waals surface area (Å²) in [5.41, 5.74) is 3.62. The summed E-state index contributed by atoms with van der Waals surface area (Å²) >= 11 is 1.21. The van der Waals surface area contributed by atoms with Gasteiger partial charge in [-0.25, -0.2) is 14.2 Å². The van der Waals surface area contributed by atoms with E-state index in [2.05, 4.69) is 6.07 Å². The maximum atomic E-state index is 14.0. The molecule has 0 unspecified atom stereocenters. The first-order valence-corrected chi connectivity index (χ1v) is 15.0. The second kappa shape index (κ2) is 13.0. The zero-order valence-corrected chi connectivity index (χ0v) is 25.0. The molecule has 0 saturated heterocycles. The number of benzene rings is 4. The molecule has 7 nitrogen and oxygen atoms in total. The fourth-order valence-electron chi connectivity index (χ4n) is 5.13. The Balaban J connectivity index is 1.42. The lowest BCUT2D eigenvalue weighted by Crippen LogP contribution is -2.40. The van der Waals surface area contributed by atoms with Crippen LogP contribution in [0.2, 0.25) is 0 Å². The third-order valence-corrected chi connectivity index (χ3v) is 8.25. The van der Waals surface area contributed by atoms with E-state index in [4.69, 9.17) is 14.5 Å². The van der Waals surface area contributed by atoms with Crippen molar-refractivity contribution in [3.05, 3.63) is 162 Å². The molecule has 2 heterocycles. The Morgan fingerprint density at radius 1 is 1.00 bits per heavy atom. The molecule has 0 spiro atoms. The number of fused-ring (bicyclic) bond motifs is 1. The first-order chi connectivity index (χ1) is 22.0. The van der Waals surface area contributed by atoms with Crippen molar-refractivity contribution in [2.45, 2.75) is 19.6 Å². The number of aromatic nitrogens is 1. The highest BCUT2D eigenvalue weighted by atomic mass is 32.1. The molecule has 222 valence electrons. The zero-order valence-electron chi connectivity index (χ0n) is 24.1. The van der Waals surface area contributed by atoms with Gasteiger partial charge in [0.05, 0.1) is 40.1 Å². The van der Waals surface area contributed by atoms with E-state index in [9.17, 15) is 19.2 Å². The van der Waals surface area contributed by atoms with E-state index in [0.29, 0.717) is 37.5 Å².